The largest absolute Gasteiger partial charge is 0.496 e. The molecule has 9 heteroatoms. The van der Waals surface area contributed by atoms with Crippen molar-refractivity contribution in [3.63, 3.8) is 0 Å². The Bertz CT molecular complexity index is 920. The summed E-state index contributed by atoms with van der Waals surface area (Å²) in [5.41, 5.74) is 0.966. The maximum Gasteiger partial charge on any atom is 0.240 e. The Morgan fingerprint density at radius 1 is 1.25 bits per heavy atom. The lowest BCUT2D eigenvalue weighted by Gasteiger charge is -2.35. The van der Waals surface area contributed by atoms with E-state index in [4.69, 9.17) is 21.1 Å². The maximum absolute atomic E-state index is 12.8. The molecule has 1 heterocycles. The first-order valence-corrected chi connectivity index (χ1v) is 11.5. The van der Waals surface area contributed by atoms with Crippen LogP contribution in [0, 0.1) is 0 Å². The molecule has 6 nitrogen and oxygen atoms in total. The van der Waals surface area contributed by atoms with Gasteiger partial charge in [0.1, 0.15) is 5.75 Å². The first-order valence-electron chi connectivity index (χ1n) is 8.81. The number of ether oxygens (including phenoxy) is 2. The van der Waals surface area contributed by atoms with Gasteiger partial charge in [0.05, 0.1) is 29.7 Å². The van der Waals surface area contributed by atoms with Crippen LogP contribution in [0.4, 0.5) is 0 Å². The zero-order valence-electron chi connectivity index (χ0n) is 15.4. The first-order chi connectivity index (χ1) is 13.4. The van der Waals surface area contributed by atoms with E-state index in [9.17, 15) is 8.42 Å². The van der Waals surface area contributed by atoms with Crippen molar-refractivity contribution in [1.82, 2.24) is 9.62 Å². The topological polar surface area (TPSA) is 67.9 Å². The molecule has 1 aliphatic heterocycles. The minimum atomic E-state index is -3.69. The number of nitrogens with zero attached hydrogens (tertiary/aromatic N) is 1. The number of rotatable bonds is 7. The molecule has 1 unspecified atom stereocenters. The second-order valence-electron chi connectivity index (χ2n) is 6.37. The van der Waals surface area contributed by atoms with Crippen LogP contribution in [-0.4, -0.2) is 53.3 Å². The van der Waals surface area contributed by atoms with Crippen LogP contribution in [0.2, 0.25) is 5.02 Å². The summed E-state index contributed by atoms with van der Waals surface area (Å²) in [5, 5.41) is 0.623. The molecule has 1 N–H and O–H groups in total. The molecule has 2 aromatic carbocycles. The molecule has 0 aromatic heterocycles. The molecule has 0 bridgehead atoms. The molecule has 1 aliphatic rings. The highest BCUT2D eigenvalue weighted by Gasteiger charge is 2.25. The van der Waals surface area contributed by atoms with Crippen molar-refractivity contribution in [2.45, 2.75) is 10.9 Å². The van der Waals surface area contributed by atoms with Crippen molar-refractivity contribution < 1.29 is 17.9 Å². The zero-order valence-corrected chi connectivity index (χ0v) is 18.6. The van der Waals surface area contributed by atoms with Gasteiger partial charge in [-0.25, -0.2) is 13.1 Å². The smallest absolute Gasteiger partial charge is 0.240 e. The van der Waals surface area contributed by atoms with E-state index in [0.717, 1.165) is 18.7 Å². The van der Waals surface area contributed by atoms with Crippen LogP contribution >= 0.6 is 27.5 Å². The van der Waals surface area contributed by atoms with E-state index < -0.39 is 10.0 Å². The number of halogens is 2. The van der Waals surface area contributed by atoms with Gasteiger partial charge in [-0.3, -0.25) is 4.90 Å². The van der Waals surface area contributed by atoms with Gasteiger partial charge in [0.2, 0.25) is 10.0 Å². The van der Waals surface area contributed by atoms with Crippen molar-refractivity contribution in [3.05, 3.63) is 57.5 Å². The van der Waals surface area contributed by atoms with Crippen LogP contribution in [0.25, 0.3) is 0 Å². The number of hydrogen-bond donors (Lipinski definition) is 1. The van der Waals surface area contributed by atoms with Crippen molar-refractivity contribution in [3.8, 4) is 5.75 Å². The van der Waals surface area contributed by atoms with E-state index in [1.54, 1.807) is 12.1 Å². The van der Waals surface area contributed by atoms with Crippen molar-refractivity contribution in [2.75, 3.05) is 40.0 Å². The van der Waals surface area contributed by atoms with E-state index in [1.165, 1.54) is 19.2 Å². The third-order valence-electron chi connectivity index (χ3n) is 4.62. The second-order valence-corrected chi connectivity index (χ2v) is 9.43. The van der Waals surface area contributed by atoms with Gasteiger partial charge in [-0.15, -0.1) is 0 Å². The Hall–Kier alpha value is -1.16. The van der Waals surface area contributed by atoms with Crippen LogP contribution in [0.1, 0.15) is 11.6 Å². The highest BCUT2D eigenvalue weighted by molar-refractivity contribution is 9.10. The first kappa shape index (κ1) is 21.5. The van der Waals surface area contributed by atoms with Crippen LogP contribution in [0.5, 0.6) is 5.75 Å². The van der Waals surface area contributed by atoms with Gasteiger partial charge in [-0.05, 0) is 51.8 Å². The lowest BCUT2D eigenvalue weighted by Crippen LogP contribution is -2.43. The highest BCUT2D eigenvalue weighted by Crippen LogP contribution is 2.28. The van der Waals surface area contributed by atoms with Crippen LogP contribution in [0.15, 0.2) is 51.8 Å². The van der Waals surface area contributed by atoms with Crippen molar-refractivity contribution in [1.29, 1.82) is 0 Å². The van der Waals surface area contributed by atoms with Crippen LogP contribution < -0.4 is 9.46 Å². The molecule has 3 rings (SSSR count). The van der Waals surface area contributed by atoms with E-state index in [1.807, 2.05) is 18.2 Å². The second kappa shape index (κ2) is 9.56. The molecule has 0 radical (unpaired) electrons. The summed E-state index contributed by atoms with van der Waals surface area (Å²) >= 11 is 9.49. The van der Waals surface area contributed by atoms with E-state index in [2.05, 4.69) is 25.6 Å². The summed E-state index contributed by atoms with van der Waals surface area (Å²) in [6, 6.07) is 12.1. The highest BCUT2D eigenvalue weighted by atomic mass is 79.9. The summed E-state index contributed by atoms with van der Waals surface area (Å²) in [4.78, 5) is 2.38. The quantitative estimate of drug-likeness (QED) is 0.645. The Morgan fingerprint density at radius 3 is 2.64 bits per heavy atom. The average Bonchev–Trinajstić information content (AvgIpc) is 2.69. The fourth-order valence-corrected chi connectivity index (χ4v) is 5.10. The molecule has 2 aromatic rings. The van der Waals surface area contributed by atoms with Crippen LogP contribution in [0.3, 0.4) is 0 Å². The third-order valence-corrected chi connectivity index (χ3v) is 6.90. The average molecular weight is 490 g/mol. The molecule has 1 fully saturated rings. The predicted molar refractivity (Wildman–Crippen MR) is 112 cm³/mol. The molecule has 0 saturated carbocycles. The number of morpholine rings is 1. The summed E-state index contributed by atoms with van der Waals surface area (Å²) in [5.74, 6) is 0.573. The molecule has 0 spiro atoms. The summed E-state index contributed by atoms with van der Waals surface area (Å²) in [6.45, 7) is 2.93. The third kappa shape index (κ3) is 5.25. The van der Waals surface area contributed by atoms with Crippen LogP contribution in [-0.2, 0) is 14.8 Å². The summed E-state index contributed by atoms with van der Waals surface area (Å²) in [7, 11) is -2.15. The normalized spacial score (nSPS) is 16.7. The zero-order chi connectivity index (χ0) is 20.1. The number of hydrogen-bond acceptors (Lipinski definition) is 5. The summed E-state index contributed by atoms with van der Waals surface area (Å²) in [6.07, 6.45) is 0. The number of methoxy groups -OCH3 is 1. The summed E-state index contributed by atoms with van der Waals surface area (Å²) < 4.78 is 39.6. The van der Waals surface area contributed by atoms with Gasteiger partial charge in [-0.1, -0.05) is 23.7 Å². The Labute approximate surface area is 179 Å². The molecule has 0 aliphatic carbocycles. The fourth-order valence-electron chi connectivity index (χ4n) is 3.15. The van der Waals surface area contributed by atoms with Gasteiger partial charge in [0.25, 0.3) is 0 Å². The fraction of sp³-hybridized carbons (Fsp3) is 0.368. The number of nitrogens with one attached hydrogen (secondary N) is 1. The van der Waals surface area contributed by atoms with Crippen molar-refractivity contribution in [2.24, 2.45) is 0 Å². The number of sulfonamides is 1. The lowest BCUT2D eigenvalue weighted by atomic mass is 10.1. The van der Waals surface area contributed by atoms with Gasteiger partial charge in [0, 0.05) is 30.7 Å². The van der Waals surface area contributed by atoms with Gasteiger partial charge in [-0.2, -0.15) is 0 Å². The van der Waals surface area contributed by atoms with E-state index in [-0.39, 0.29) is 17.5 Å². The monoisotopic (exact) mass is 488 g/mol. The van der Waals surface area contributed by atoms with Gasteiger partial charge >= 0.3 is 0 Å². The minimum Gasteiger partial charge on any atom is -0.496 e. The standard InChI is InChI=1S/C19H22BrClN2O4S/c1-26-19-6-5-16(12-17(19)20)28(24,25)22-13-18(23-7-9-27-10-8-23)14-3-2-4-15(21)11-14/h2-6,11-12,18,22H,7-10,13H2,1H3. The molecule has 152 valence electrons. The molecular weight excluding hydrogens is 468 g/mol. The predicted octanol–water partition coefficient (Wildman–Crippen LogP) is 3.46. The molecule has 0 amide bonds. The van der Waals surface area contributed by atoms with E-state index in [0.29, 0.717) is 28.5 Å². The lowest BCUT2D eigenvalue weighted by molar-refractivity contribution is 0.0172. The molecular formula is C19H22BrClN2O4S. The SMILES string of the molecule is COc1ccc(S(=O)(=O)NCC(c2cccc(Cl)c2)N2CCOCC2)cc1Br. The Kier molecular flexibility index (Phi) is 7.36. The molecule has 1 saturated heterocycles. The van der Waals surface area contributed by atoms with Crippen molar-refractivity contribution >= 4 is 37.6 Å². The minimum absolute atomic E-state index is 0.140. The Morgan fingerprint density at radius 2 is 2.00 bits per heavy atom. The van der Waals surface area contributed by atoms with E-state index >= 15 is 0 Å². The molecule has 1 atom stereocenters. The van der Waals surface area contributed by atoms with Gasteiger partial charge < -0.3 is 9.47 Å². The number of benzene rings is 2. The molecule has 28 heavy (non-hydrogen) atoms. The maximum atomic E-state index is 12.8. The Balaban J connectivity index is 1.81. The van der Waals surface area contributed by atoms with Gasteiger partial charge in [0.15, 0.2) is 0 Å².